The van der Waals surface area contributed by atoms with E-state index < -0.39 is 0 Å². The number of hydrogen-bond donors (Lipinski definition) is 2. The molecule has 0 amide bonds. The van der Waals surface area contributed by atoms with Gasteiger partial charge in [0, 0.05) is 26.7 Å². The van der Waals surface area contributed by atoms with Crippen LogP contribution in [0.3, 0.4) is 0 Å². The van der Waals surface area contributed by atoms with Crippen molar-refractivity contribution in [3.63, 3.8) is 0 Å². The van der Waals surface area contributed by atoms with Crippen LogP contribution in [-0.4, -0.2) is 48.6 Å². The Morgan fingerprint density at radius 2 is 2.29 bits per heavy atom. The third kappa shape index (κ3) is 2.70. The van der Waals surface area contributed by atoms with Gasteiger partial charge in [-0.1, -0.05) is 11.6 Å². The topological polar surface area (TPSA) is 53.1 Å². The fourth-order valence-electron chi connectivity index (χ4n) is 1.88. The van der Waals surface area contributed by atoms with Crippen LogP contribution >= 0.6 is 27.5 Å². The number of piperazine rings is 1. The van der Waals surface area contributed by atoms with Crippen molar-refractivity contribution in [2.24, 2.45) is 0 Å². The molecule has 1 aliphatic heterocycles. The molecular weight excluding hydrogens is 306 g/mol. The normalized spacial score (nSPS) is 21.5. The summed E-state index contributed by atoms with van der Waals surface area (Å²) in [5.74, 6) is 0.548. The van der Waals surface area contributed by atoms with Gasteiger partial charge in [0.1, 0.15) is 5.15 Å². The van der Waals surface area contributed by atoms with E-state index in [1.165, 1.54) is 0 Å². The Morgan fingerprint density at radius 3 is 2.94 bits per heavy atom. The Kier molecular flexibility index (Phi) is 4.19. The van der Waals surface area contributed by atoms with Crippen molar-refractivity contribution in [1.82, 2.24) is 20.2 Å². The molecule has 1 atom stereocenters. The quantitative estimate of drug-likeness (QED) is 0.809. The molecule has 1 aromatic heterocycles. The number of likely N-dealkylation sites (N-methyl/N-ethyl adjacent to an activating group) is 1. The van der Waals surface area contributed by atoms with Crippen molar-refractivity contribution >= 4 is 33.5 Å². The lowest BCUT2D eigenvalue weighted by molar-refractivity contribution is 0.198. The number of nitrogens with zero attached hydrogens (tertiary/aromatic N) is 3. The van der Waals surface area contributed by atoms with Crippen LogP contribution in [0.2, 0.25) is 5.15 Å². The van der Waals surface area contributed by atoms with E-state index >= 15 is 0 Å². The average Bonchev–Trinajstić information content (AvgIpc) is 2.33. The molecule has 1 fully saturated rings. The van der Waals surface area contributed by atoms with Gasteiger partial charge >= 0.3 is 0 Å². The van der Waals surface area contributed by atoms with Gasteiger partial charge in [-0.05, 0) is 23.0 Å². The van der Waals surface area contributed by atoms with E-state index in [0.717, 1.165) is 29.8 Å². The second-order valence-corrected chi connectivity index (χ2v) is 5.14. The highest BCUT2D eigenvalue weighted by Crippen LogP contribution is 2.31. The summed E-state index contributed by atoms with van der Waals surface area (Å²) in [7, 11) is 3.87. The summed E-state index contributed by atoms with van der Waals surface area (Å²) in [5.41, 5.74) is 0.920. The van der Waals surface area contributed by atoms with Gasteiger partial charge in [0.25, 0.3) is 0 Å². The van der Waals surface area contributed by atoms with E-state index in [-0.39, 0.29) is 6.04 Å². The maximum Gasteiger partial charge on any atom is 0.224 e. The molecule has 0 saturated carbocycles. The largest absolute Gasteiger partial charge is 0.357 e. The van der Waals surface area contributed by atoms with Gasteiger partial charge in [0.15, 0.2) is 0 Å². The lowest BCUT2D eigenvalue weighted by Crippen LogP contribution is -2.44. The average molecular weight is 321 g/mol. The maximum atomic E-state index is 6.09. The molecule has 1 aliphatic rings. The summed E-state index contributed by atoms with van der Waals surface area (Å²) in [5, 5.41) is 6.73. The number of halogens is 2. The van der Waals surface area contributed by atoms with Crippen LogP contribution < -0.4 is 10.6 Å². The molecule has 1 saturated heterocycles. The zero-order valence-electron chi connectivity index (χ0n) is 9.80. The van der Waals surface area contributed by atoms with Gasteiger partial charge in [-0.3, -0.25) is 4.90 Å². The van der Waals surface area contributed by atoms with Crippen LogP contribution in [0, 0.1) is 0 Å². The van der Waals surface area contributed by atoms with E-state index in [9.17, 15) is 0 Å². The predicted octanol–water partition coefficient (Wildman–Crippen LogP) is 1.51. The molecule has 1 unspecified atom stereocenters. The summed E-state index contributed by atoms with van der Waals surface area (Å²) >= 11 is 9.56. The molecular formula is C10H15BrClN5. The third-order valence-electron chi connectivity index (χ3n) is 2.89. The highest BCUT2D eigenvalue weighted by Gasteiger charge is 2.25. The van der Waals surface area contributed by atoms with Crippen molar-refractivity contribution in [2.45, 2.75) is 6.04 Å². The molecule has 0 aromatic carbocycles. The molecule has 7 heteroatoms. The first kappa shape index (κ1) is 13.0. The molecule has 5 nitrogen and oxygen atoms in total. The predicted molar refractivity (Wildman–Crippen MR) is 72.5 cm³/mol. The van der Waals surface area contributed by atoms with E-state index in [1.54, 1.807) is 7.05 Å². The lowest BCUT2D eigenvalue weighted by Gasteiger charge is -2.33. The maximum absolute atomic E-state index is 6.09. The van der Waals surface area contributed by atoms with E-state index in [0.29, 0.717) is 11.1 Å². The van der Waals surface area contributed by atoms with Gasteiger partial charge in [-0.2, -0.15) is 4.98 Å². The van der Waals surface area contributed by atoms with Crippen LogP contribution in [0.4, 0.5) is 5.95 Å². The molecule has 94 valence electrons. The van der Waals surface area contributed by atoms with Crippen molar-refractivity contribution in [2.75, 3.05) is 39.0 Å². The SMILES string of the molecule is CNc1nc(Cl)c(Br)c(C2CNCCN2C)n1. The third-order valence-corrected chi connectivity index (χ3v) is 4.17. The van der Waals surface area contributed by atoms with Crippen LogP contribution in [-0.2, 0) is 0 Å². The summed E-state index contributed by atoms with van der Waals surface area (Å²) in [6, 6.07) is 0.214. The van der Waals surface area contributed by atoms with E-state index in [1.807, 2.05) is 0 Å². The molecule has 0 spiro atoms. The van der Waals surface area contributed by atoms with Crippen LogP contribution in [0.5, 0.6) is 0 Å². The Balaban J connectivity index is 2.38. The summed E-state index contributed by atoms with van der Waals surface area (Å²) < 4.78 is 0.777. The van der Waals surface area contributed by atoms with Crippen molar-refractivity contribution in [3.8, 4) is 0 Å². The van der Waals surface area contributed by atoms with Gasteiger partial charge in [-0.25, -0.2) is 4.98 Å². The second kappa shape index (κ2) is 5.48. The highest BCUT2D eigenvalue weighted by molar-refractivity contribution is 9.10. The lowest BCUT2D eigenvalue weighted by atomic mass is 10.1. The molecule has 2 rings (SSSR count). The zero-order chi connectivity index (χ0) is 12.4. The molecule has 2 heterocycles. The zero-order valence-corrected chi connectivity index (χ0v) is 12.1. The molecule has 0 bridgehead atoms. The fraction of sp³-hybridized carbons (Fsp3) is 0.600. The molecule has 2 N–H and O–H groups in total. The standard InChI is InChI=1S/C10H15BrClN5/c1-13-10-15-8(7(11)9(12)16-10)6-5-14-3-4-17(6)2/h6,14H,3-5H2,1-2H3,(H,13,15,16). The van der Waals surface area contributed by atoms with Crippen LogP contribution in [0.15, 0.2) is 4.47 Å². The molecule has 17 heavy (non-hydrogen) atoms. The van der Waals surface area contributed by atoms with Crippen molar-refractivity contribution in [3.05, 3.63) is 15.3 Å². The van der Waals surface area contributed by atoms with E-state index in [4.69, 9.17) is 11.6 Å². The minimum atomic E-state index is 0.214. The van der Waals surface area contributed by atoms with Gasteiger partial charge in [-0.15, -0.1) is 0 Å². The molecule has 0 aliphatic carbocycles. The van der Waals surface area contributed by atoms with Crippen molar-refractivity contribution < 1.29 is 0 Å². The first-order valence-corrected chi connectivity index (χ1v) is 6.62. The van der Waals surface area contributed by atoms with Crippen LogP contribution in [0.1, 0.15) is 11.7 Å². The Morgan fingerprint density at radius 1 is 1.53 bits per heavy atom. The number of hydrogen-bond acceptors (Lipinski definition) is 5. The number of aromatic nitrogens is 2. The smallest absolute Gasteiger partial charge is 0.224 e. The summed E-state index contributed by atoms with van der Waals surface area (Å²) in [4.78, 5) is 10.9. The highest BCUT2D eigenvalue weighted by atomic mass is 79.9. The van der Waals surface area contributed by atoms with Crippen molar-refractivity contribution in [1.29, 1.82) is 0 Å². The summed E-state index contributed by atoms with van der Waals surface area (Å²) in [6.45, 7) is 2.86. The Hall–Kier alpha value is -0.430. The first-order valence-electron chi connectivity index (χ1n) is 5.45. The number of nitrogens with one attached hydrogen (secondary N) is 2. The Labute approximate surface area is 114 Å². The first-order chi connectivity index (χ1) is 8.13. The van der Waals surface area contributed by atoms with Crippen LogP contribution in [0.25, 0.3) is 0 Å². The minimum absolute atomic E-state index is 0.214. The Bertz CT molecular complexity index is 414. The minimum Gasteiger partial charge on any atom is -0.357 e. The van der Waals surface area contributed by atoms with E-state index in [2.05, 4.69) is 48.5 Å². The van der Waals surface area contributed by atoms with Gasteiger partial charge < -0.3 is 10.6 Å². The molecule has 1 aromatic rings. The number of rotatable bonds is 2. The fourth-order valence-corrected chi connectivity index (χ4v) is 2.50. The second-order valence-electron chi connectivity index (χ2n) is 3.99. The van der Waals surface area contributed by atoms with Gasteiger partial charge in [0.2, 0.25) is 5.95 Å². The van der Waals surface area contributed by atoms with Gasteiger partial charge in [0.05, 0.1) is 16.2 Å². The molecule has 0 radical (unpaired) electrons. The monoisotopic (exact) mass is 319 g/mol. The number of anilines is 1. The summed E-state index contributed by atoms with van der Waals surface area (Å²) in [6.07, 6.45) is 0.